The lowest BCUT2D eigenvalue weighted by Gasteiger charge is -2.23. The summed E-state index contributed by atoms with van der Waals surface area (Å²) in [6.07, 6.45) is 1.42. The zero-order chi connectivity index (χ0) is 16.6. The van der Waals surface area contributed by atoms with Gasteiger partial charge in [0.2, 0.25) is 0 Å². The molecule has 2 heterocycles. The Balaban J connectivity index is 1.80. The van der Waals surface area contributed by atoms with Crippen LogP contribution in [0.15, 0.2) is 12.1 Å². The van der Waals surface area contributed by atoms with Gasteiger partial charge in [0, 0.05) is 42.3 Å². The molecular weight excluding hydrogens is 312 g/mol. The standard InChI is InChI=1S/C18H27ClN2O2/c1-12(2)23-18-14(7-15(19)8-17(18)22-4)10-21-9-13-5-6-20(3)16(13)11-21/h7-8,12-13,16H,5-6,9-11H2,1-4H3/t13-,16+/m1/s1. The van der Waals surface area contributed by atoms with E-state index in [4.69, 9.17) is 21.1 Å². The summed E-state index contributed by atoms with van der Waals surface area (Å²) in [4.78, 5) is 5.01. The van der Waals surface area contributed by atoms with Gasteiger partial charge in [-0.3, -0.25) is 4.90 Å². The van der Waals surface area contributed by atoms with Gasteiger partial charge in [-0.15, -0.1) is 0 Å². The van der Waals surface area contributed by atoms with Crippen molar-refractivity contribution >= 4 is 11.6 Å². The van der Waals surface area contributed by atoms with Crippen molar-refractivity contribution in [3.8, 4) is 11.5 Å². The van der Waals surface area contributed by atoms with E-state index in [9.17, 15) is 0 Å². The first kappa shape index (κ1) is 16.9. The molecule has 0 radical (unpaired) electrons. The molecule has 2 aliphatic rings. The van der Waals surface area contributed by atoms with E-state index in [1.165, 1.54) is 13.0 Å². The quantitative estimate of drug-likeness (QED) is 0.822. The fourth-order valence-corrected chi connectivity index (χ4v) is 4.12. The molecule has 2 fully saturated rings. The maximum absolute atomic E-state index is 6.28. The van der Waals surface area contributed by atoms with Crippen molar-refractivity contribution in [2.24, 2.45) is 5.92 Å². The van der Waals surface area contributed by atoms with Gasteiger partial charge in [-0.25, -0.2) is 0 Å². The molecule has 0 unspecified atom stereocenters. The van der Waals surface area contributed by atoms with E-state index in [1.54, 1.807) is 7.11 Å². The van der Waals surface area contributed by atoms with Gasteiger partial charge in [-0.05, 0) is 45.8 Å². The van der Waals surface area contributed by atoms with Crippen LogP contribution >= 0.6 is 11.6 Å². The highest BCUT2D eigenvalue weighted by Crippen LogP contribution is 2.38. The van der Waals surface area contributed by atoms with Crippen molar-refractivity contribution in [3.05, 3.63) is 22.7 Å². The van der Waals surface area contributed by atoms with Crippen molar-refractivity contribution < 1.29 is 9.47 Å². The smallest absolute Gasteiger partial charge is 0.166 e. The minimum absolute atomic E-state index is 0.105. The molecule has 3 rings (SSSR count). The van der Waals surface area contributed by atoms with Gasteiger partial charge in [0.1, 0.15) is 0 Å². The number of halogens is 1. The number of nitrogens with zero attached hydrogens (tertiary/aromatic N) is 2. The van der Waals surface area contributed by atoms with Crippen LogP contribution in [-0.4, -0.2) is 55.7 Å². The number of likely N-dealkylation sites (tertiary alicyclic amines) is 2. The van der Waals surface area contributed by atoms with Crippen molar-refractivity contribution in [3.63, 3.8) is 0 Å². The SMILES string of the molecule is COc1cc(Cl)cc(CN2C[C@H]3CCN(C)[C@H]3C2)c1OC(C)C. The molecule has 2 saturated heterocycles. The van der Waals surface area contributed by atoms with E-state index in [0.29, 0.717) is 11.1 Å². The van der Waals surface area contributed by atoms with E-state index in [-0.39, 0.29) is 6.10 Å². The highest BCUT2D eigenvalue weighted by Gasteiger charge is 2.39. The Labute approximate surface area is 144 Å². The summed E-state index contributed by atoms with van der Waals surface area (Å²) < 4.78 is 11.5. The lowest BCUT2D eigenvalue weighted by molar-refractivity contribution is 0.218. The van der Waals surface area contributed by atoms with Gasteiger partial charge in [-0.1, -0.05) is 11.6 Å². The largest absolute Gasteiger partial charge is 0.493 e. The van der Waals surface area contributed by atoms with Gasteiger partial charge in [0.15, 0.2) is 11.5 Å². The first-order valence-corrected chi connectivity index (χ1v) is 8.81. The number of hydrogen-bond donors (Lipinski definition) is 0. The van der Waals surface area contributed by atoms with E-state index in [1.807, 2.05) is 26.0 Å². The number of hydrogen-bond acceptors (Lipinski definition) is 4. The molecule has 0 saturated carbocycles. The number of ether oxygens (including phenoxy) is 2. The zero-order valence-corrected chi connectivity index (χ0v) is 15.3. The van der Waals surface area contributed by atoms with E-state index < -0.39 is 0 Å². The average Bonchev–Trinajstić information content (AvgIpc) is 3.03. The topological polar surface area (TPSA) is 24.9 Å². The molecule has 0 bridgehead atoms. The second-order valence-corrected chi connectivity index (χ2v) is 7.49. The summed E-state index contributed by atoms with van der Waals surface area (Å²) in [5, 5.41) is 0.699. The fraction of sp³-hybridized carbons (Fsp3) is 0.667. The molecule has 5 heteroatoms. The Bertz CT molecular complexity index is 564. The van der Waals surface area contributed by atoms with Gasteiger partial charge >= 0.3 is 0 Å². The van der Waals surface area contributed by atoms with Crippen LogP contribution in [0.2, 0.25) is 5.02 Å². The van der Waals surface area contributed by atoms with Crippen molar-refractivity contribution in [2.45, 2.75) is 39.0 Å². The third-order valence-electron chi connectivity index (χ3n) is 4.96. The summed E-state index contributed by atoms with van der Waals surface area (Å²) in [6.45, 7) is 8.44. The number of methoxy groups -OCH3 is 1. The summed E-state index contributed by atoms with van der Waals surface area (Å²) in [6, 6.07) is 4.54. The molecular formula is C18H27ClN2O2. The summed E-state index contributed by atoms with van der Waals surface area (Å²) in [7, 11) is 3.90. The van der Waals surface area contributed by atoms with Crippen molar-refractivity contribution in [1.82, 2.24) is 9.80 Å². The van der Waals surface area contributed by atoms with Gasteiger partial charge in [0.05, 0.1) is 13.2 Å². The molecule has 0 spiro atoms. The number of likely N-dealkylation sites (N-methyl/N-ethyl adjacent to an activating group) is 1. The average molecular weight is 339 g/mol. The van der Waals surface area contributed by atoms with Crippen molar-refractivity contribution in [1.29, 1.82) is 0 Å². The molecule has 0 aromatic heterocycles. The molecule has 23 heavy (non-hydrogen) atoms. The maximum atomic E-state index is 6.28. The molecule has 2 atom stereocenters. The van der Waals surface area contributed by atoms with Crippen LogP contribution in [0.25, 0.3) is 0 Å². The van der Waals surface area contributed by atoms with Crippen molar-refractivity contribution in [2.75, 3.05) is 33.8 Å². The predicted molar refractivity (Wildman–Crippen MR) is 93.6 cm³/mol. The molecule has 1 aromatic carbocycles. The number of fused-ring (bicyclic) bond motifs is 1. The van der Waals surface area contributed by atoms with Crippen LogP contribution in [0.5, 0.6) is 11.5 Å². The highest BCUT2D eigenvalue weighted by atomic mass is 35.5. The molecule has 0 amide bonds. The Morgan fingerprint density at radius 2 is 2.09 bits per heavy atom. The molecule has 4 nitrogen and oxygen atoms in total. The van der Waals surface area contributed by atoms with Crippen LogP contribution in [0.1, 0.15) is 25.8 Å². The second-order valence-electron chi connectivity index (χ2n) is 7.05. The maximum Gasteiger partial charge on any atom is 0.166 e. The number of benzene rings is 1. The fourth-order valence-electron chi connectivity index (χ4n) is 3.89. The van der Waals surface area contributed by atoms with Crippen LogP contribution in [0, 0.1) is 5.92 Å². The van der Waals surface area contributed by atoms with Crippen LogP contribution in [-0.2, 0) is 6.54 Å². The number of rotatable bonds is 5. The minimum Gasteiger partial charge on any atom is -0.493 e. The third-order valence-corrected chi connectivity index (χ3v) is 5.18. The van der Waals surface area contributed by atoms with Crippen LogP contribution < -0.4 is 9.47 Å². The molecule has 128 valence electrons. The van der Waals surface area contributed by atoms with Crippen LogP contribution in [0.4, 0.5) is 0 Å². The first-order valence-electron chi connectivity index (χ1n) is 8.43. The van der Waals surface area contributed by atoms with Gasteiger partial charge < -0.3 is 14.4 Å². The molecule has 0 aliphatic carbocycles. The molecule has 1 aromatic rings. The highest BCUT2D eigenvalue weighted by molar-refractivity contribution is 6.30. The lowest BCUT2D eigenvalue weighted by Crippen LogP contribution is -2.32. The molecule has 0 N–H and O–H groups in total. The lowest BCUT2D eigenvalue weighted by atomic mass is 10.1. The second kappa shape index (κ2) is 6.88. The van der Waals surface area contributed by atoms with E-state index >= 15 is 0 Å². The van der Waals surface area contributed by atoms with Crippen LogP contribution in [0.3, 0.4) is 0 Å². The Morgan fingerprint density at radius 3 is 2.74 bits per heavy atom. The minimum atomic E-state index is 0.105. The Kier molecular flexibility index (Phi) is 5.04. The van der Waals surface area contributed by atoms with E-state index in [2.05, 4.69) is 16.8 Å². The Hall–Kier alpha value is -0.970. The summed E-state index contributed by atoms with van der Waals surface area (Å²) in [5.74, 6) is 2.35. The zero-order valence-electron chi connectivity index (χ0n) is 14.5. The molecule has 2 aliphatic heterocycles. The predicted octanol–water partition coefficient (Wildman–Crippen LogP) is 3.27. The monoisotopic (exact) mass is 338 g/mol. The third kappa shape index (κ3) is 3.59. The summed E-state index contributed by atoms with van der Waals surface area (Å²) >= 11 is 6.28. The normalized spacial score (nSPS) is 25.1. The van der Waals surface area contributed by atoms with E-state index in [0.717, 1.165) is 42.6 Å². The van der Waals surface area contributed by atoms with Gasteiger partial charge in [0.25, 0.3) is 0 Å². The Morgan fingerprint density at radius 1 is 1.30 bits per heavy atom. The summed E-state index contributed by atoms with van der Waals surface area (Å²) in [5.41, 5.74) is 1.12. The van der Waals surface area contributed by atoms with Gasteiger partial charge in [-0.2, -0.15) is 0 Å². The first-order chi connectivity index (χ1) is 11.0.